The number of benzene rings is 2. The van der Waals surface area contributed by atoms with E-state index in [0.717, 1.165) is 19.3 Å². The summed E-state index contributed by atoms with van der Waals surface area (Å²) in [4.78, 5) is 84.1. The summed E-state index contributed by atoms with van der Waals surface area (Å²) in [6.07, 6.45) is 9.86. The fourth-order valence-electron chi connectivity index (χ4n) is 5.04. The van der Waals surface area contributed by atoms with E-state index in [-0.39, 0.29) is 51.6 Å². The summed E-state index contributed by atoms with van der Waals surface area (Å²) in [5.41, 5.74) is 20.9. The Kier molecular flexibility index (Phi) is 32.4. The Morgan fingerprint density at radius 2 is 1.20 bits per heavy atom. The van der Waals surface area contributed by atoms with Gasteiger partial charge in [-0.3, -0.25) is 44.2 Å². The van der Waals surface area contributed by atoms with E-state index in [0.29, 0.717) is 90.1 Å². The number of hydrogen-bond acceptors (Lipinski definition) is 11. The van der Waals surface area contributed by atoms with Gasteiger partial charge in [0.15, 0.2) is 11.9 Å². The van der Waals surface area contributed by atoms with Crippen molar-refractivity contribution in [3.05, 3.63) is 58.7 Å². The molecule has 0 heterocycles. The summed E-state index contributed by atoms with van der Waals surface area (Å²) in [5, 5.41) is 23.2. The number of nitrogens with zero attached hydrogens (tertiary/aromatic N) is 2. The minimum absolute atomic E-state index is 0.0262. The second kappa shape index (κ2) is 35.6. The minimum Gasteiger partial charge on any atom is -0.370 e. The molecule has 6 amide bonds. The molecule has 1 unspecified atom stereocenters. The van der Waals surface area contributed by atoms with Crippen molar-refractivity contribution in [2.75, 3.05) is 52.4 Å². The number of halogens is 2. The molecule has 15 N–H and O–H groups in total. The van der Waals surface area contributed by atoms with Crippen LogP contribution in [-0.4, -0.2) is 85.7 Å². The van der Waals surface area contributed by atoms with Gasteiger partial charge in [-0.15, -0.1) is 30.1 Å². The molecule has 2 aromatic rings. The molecule has 0 radical (unpaired) electrons. The molecule has 358 valence electrons. The highest BCUT2D eigenvalue weighted by molar-refractivity contribution is 7.99. The van der Waals surface area contributed by atoms with Gasteiger partial charge >= 0.3 is 0 Å². The third kappa shape index (κ3) is 27.2. The molecular formula is C42H63Cl2N13O6S2. The number of allylic oxidation sites excluding steroid dienone is 1. The van der Waals surface area contributed by atoms with Crippen LogP contribution in [0.5, 0.6) is 0 Å². The van der Waals surface area contributed by atoms with E-state index >= 15 is 0 Å². The number of hydrogen-bond donors (Lipinski definition) is 11. The molecule has 1 atom stereocenters. The normalized spacial score (nSPS) is 11.0. The Morgan fingerprint density at radius 3 is 1.62 bits per heavy atom. The molecule has 0 aliphatic heterocycles. The van der Waals surface area contributed by atoms with Crippen molar-refractivity contribution in [3.63, 3.8) is 0 Å². The molecule has 23 heteroatoms. The summed E-state index contributed by atoms with van der Waals surface area (Å²) < 4.78 is 0. The van der Waals surface area contributed by atoms with Crippen LogP contribution in [0, 0.1) is 11.3 Å². The molecule has 0 saturated carbocycles. The van der Waals surface area contributed by atoms with Crippen LogP contribution < -0.4 is 54.8 Å². The van der Waals surface area contributed by atoms with Crippen molar-refractivity contribution in [2.24, 2.45) is 38.8 Å². The lowest BCUT2D eigenvalue weighted by atomic mass is 10.1. The van der Waals surface area contributed by atoms with Crippen molar-refractivity contribution < 1.29 is 28.8 Å². The van der Waals surface area contributed by atoms with Crippen LogP contribution in [0.25, 0.3) is 0 Å². The zero-order chi connectivity index (χ0) is 49.2. The lowest BCUT2D eigenvalue weighted by molar-refractivity contribution is -0.118. The van der Waals surface area contributed by atoms with Gasteiger partial charge in [-0.05, 0) is 70.4 Å². The standard InChI is InChI=1S/C38H52Cl2N10O6S2.C3H6.CH5N3/c1-4-6-7-10-32(53)47-27-18-25(39)20-29(34(27)57-15-13-43-22-51)49-36(55)24(3)17-31(45-5-2)37(56)50-30-21-26(40)19-28(35(30)58-16-14-44-23-52)48-33(54)11-8-9-12-46-38(41)42;1-3-2;2-1(3)4/h5,17-24H,4,6-16H2,1-3H3,(H,43,51)(H,44,52)(H,47,53)(H,48,54)(H,49,55)(H,50,56)(H4,41,42,46);3H,1H2,2H3;(H5,2,3,4)/b31-17-,45-5?;;. The van der Waals surface area contributed by atoms with Crippen molar-refractivity contribution in [2.45, 2.75) is 82.4 Å². The van der Waals surface area contributed by atoms with E-state index in [2.05, 4.69) is 59.9 Å². The summed E-state index contributed by atoms with van der Waals surface area (Å²) in [7, 11) is 0. The van der Waals surface area contributed by atoms with E-state index in [9.17, 15) is 28.8 Å². The minimum atomic E-state index is -0.908. The molecule has 0 aromatic heterocycles. The second-order valence-corrected chi connectivity index (χ2v) is 16.4. The van der Waals surface area contributed by atoms with Crippen LogP contribution >= 0.6 is 46.7 Å². The molecule has 2 rings (SSSR count). The first-order valence-electron chi connectivity index (χ1n) is 20.4. The van der Waals surface area contributed by atoms with Gasteiger partial charge in [-0.1, -0.05) is 49.0 Å². The number of guanidine groups is 2. The van der Waals surface area contributed by atoms with Gasteiger partial charge in [-0.2, -0.15) is 0 Å². The fraction of sp³-hybridized carbons (Fsp3) is 0.405. The van der Waals surface area contributed by atoms with E-state index < -0.39 is 17.7 Å². The molecule has 0 bridgehead atoms. The number of aliphatic imine (C=N–C) groups is 2. The summed E-state index contributed by atoms with van der Waals surface area (Å²) >= 11 is 15.5. The van der Waals surface area contributed by atoms with E-state index in [1.807, 2.05) is 13.8 Å². The maximum absolute atomic E-state index is 13.8. The molecule has 0 aliphatic rings. The fourth-order valence-corrected chi connectivity index (χ4v) is 7.39. The van der Waals surface area contributed by atoms with Crippen molar-refractivity contribution in [1.82, 2.24) is 10.6 Å². The van der Waals surface area contributed by atoms with Crippen LogP contribution in [0.2, 0.25) is 10.0 Å². The number of thioether (sulfide) groups is 2. The maximum atomic E-state index is 13.8. The highest BCUT2D eigenvalue weighted by atomic mass is 35.5. The van der Waals surface area contributed by atoms with Crippen molar-refractivity contribution in [3.8, 4) is 0 Å². The smallest absolute Gasteiger partial charge is 0.273 e. The molecule has 0 spiro atoms. The zero-order valence-corrected chi connectivity index (χ0v) is 40.3. The number of nitrogens with one attached hydrogen (secondary N) is 7. The number of amides is 6. The first kappa shape index (κ1) is 59.2. The highest BCUT2D eigenvalue weighted by Crippen LogP contribution is 2.39. The third-order valence-electron chi connectivity index (χ3n) is 7.75. The Labute approximate surface area is 399 Å². The molecular weight excluding hydrogens is 918 g/mol. The Morgan fingerprint density at radius 1 is 0.769 bits per heavy atom. The number of nitrogens with two attached hydrogens (primary N) is 4. The van der Waals surface area contributed by atoms with Gasteiger partial charge < -0.3 is 54.8 Å². The largest absolute Gasteiger partial charge is 0.370 e. The quantitative estimate of drug-likeness (QED) is 0.00964. The van der Waals surface area contributed by atoms with Crippen LogP contribution in [0.15, 0.2) is 68.5 Å². The van der Waals surface area contributed by atoms with E-state index in [1.165, 1.54) is 41.9 Å². The number of carbonyl (C=O) groups excluding carboxylic acids is 6. The molecule has 0 saturated heterocycles. The average molecular weight is 981 g/mol. The van der Waals surface area contributed by atoms with Gasteiger partial charge in [0.2, 0.25) is 30.5 Å². The average Bonchev–Trinajstić information content (AvgIpc) is 3.22. The number of carbonyl (C=O) groups is 6. The highest BCUT2D eigenvalue weighted by Gasteiger charge is 2.22. The first-order valence-corrected chi connectivity index (χ1v) is 23.1. The predicted octanol–water partition coefficient (Wildman–Crippen LogP) is 5.79. The van der Waals surface area contributed by atoms with Crippen LogP contribution in [-0.2, 0) is 28.8 Å². The Hall–Kier alpha value is -5.77. The van der Waals surface area contributed by atoms with Crippen molar-refractivity contribution in [1.29, 1.82) is 5.41 Å². The summed E-state index contributed by atoms with van der Waals surface area (Å²) in [6.45, 7) is 11.5. The van der Waals surface area contributed by atoms with Crippen molar-refractivity contribution >= 4 is 124 Å². The molecule has 2 aromatic carbocycles. The monoisotopic (exact) mass is 979 g/mol. The molecule has 19 nitrogen and oxygen atoms in total. The lowest BCUT2D eigenvalue weighted by Crippen LogP contribution is -2.23. The van der Waals surface area contributed by atoms with Gasteiger partial charge in [0.25, 0.3) is 5.91 Å². The van der Waals surface area contributed by atoms with E-state index in [1.54, 1.807) is 38.1 Å². The van der Waals surface area contributed by atoms with Crippen LogP contribution in [0.4, 0.5) is 22.7 Å². The summed E-state index contributed by atoms with van der Waals surface area (Å²) in [6, 6.07) is 6.23. The maximum Gasteiger partial charge on any atom is 0.273 e. The number of rotatable bonds is 27. The number of unbranched alkanes of at least 4 members (excludes halogenated alkanes) is 3. The first-order chi connectivity index (χ1) is 31.0. The Bertz CT molecular complexity index is 1980. The zero-order valence-electron chi connectivity index (χ0n) is 37.2. The molecule has 65 heavy (non-hydrogen) atoms. The lowest BCUT2D eigenvalue weighted by Gasteiger charge is -2.19. The SMILES string of the molecule is C=CC.CC=N/C(=C\C(C)C(=O)Nc1cc(Cl)cc(NC(=O)CCCCC)c1SCCNC=O)C(=O)Nc1cc(Cl)cc(NC(=O)CCCCN=C(N)N)c1SCCNC=O.N=C(N)N. The predicted molar refractivity (Wildman–Crippen MR) is 269 cm³/mol. The molecule has 0 aliphatic carbocycles. The topological polar surface area (TPSA) is 327 Å². The third-order valence-corrected chi connectivity index (χ3v) is 10.5. The van der Waals surface area contributed by atoms with E-state index in [4.69, 9.17) is 40.1 Å². The van der Waals surface area contributed by atoms with Crippen LogP contribution in [0.1, 0.15) is 72.6 Å². The molecule has 0 fully saturated rings. The van der Waals surface area contributed by atoms with Gasteiger partial charge in [0.05, 0.1) is 38.5 Å². The Balaban J connectivity index is 0.00000545. The van der Waals surface area contributed by atoms with Gasteiger partial charge in [-0.25, -0.2) is 0 Å². The number of anilines is 4. The van der Waals surface area contributed by atoms with Gasteiger partial charge in [0.1, 0.15) is 5.70 Å². The summed E-state index contributed by atoms with van der Waals surface area (Å²) in [5.74, 6) is -2.12. The van der Waals surface area contributed by atoms with Gasteiger partial charge in [0, 0.05) is 60.2 Å². The van der Waals surface area contributed by atoms with Crippen LogP contribution in [0.3, 0.4) is 0 Å². The second-order valence-electron chi connectivity index (χ2n) is 13.4.